The number of nitrogens with one attached hydrogen (secondary N) is 3. The summed E-state index contributed by atoms with van der Waals surface area (Å²) in [6.07, 6.45) is -2.23. The van der Waals surface area contributed by atoms with Crippen LogP contribution >= 0.6 is 0 Å². The van der Waals surface area contributed by atoms with E-state index in [1.807, 2.05) is 0 Å². The summed E-state index contributed by atoms with van der Waals surface area (Å²) in [5.74, 6) is -4.21. The third-order valence-corrected chi connectivity index (χ3v) is 6.08. The van der Waals surface area contributed by atoms with E-state index in [0.29, 0.717) is 5.56 Å². The van der Waals surface area contributed by atoms with Crippen molar-refractivity contribution in [2.24, 2.45) is 5.73 Å². The molecule has 3 rings (SSSR count). The van der Waals surface area contributed by atoms with Crippen molar-refractivity contribution in [3.63, 3.8) is 0 Å². The third kappa shape index (κ3) is 7.17. The van der Waals surface area contributed by atoms with Crippen LogP contribution in [-0.4, -0.2) is 61.6 Å². The molecule has 0 bridgehead atoms. The molecule has 0 radical (unpaired) electrons. The van der Waals surface area contributed by atoms with Gasteiger partial charge in [0.1, 0.15) is 12.1 Å². The Hall–Kier alpha value is -4.78. The highest BCUT2D eigenvalue weighted by Crippen LogP contribution is 2.15. The van der Waals surface area contributed by atoms with Crippen molar-refractivity contribution in [2.45, 2.75) is 50.4 Å². The third-order valence-electron chi connectivity index (χ3n) is 6.08. The fourth-order valence-electron chi connectivity index (χ4n) is 4.06. The van der Waals surface area contributed by atoms with E-state index in [1.165, 1.54) is 6.07 Å². The standard InChI is InChI=1S/C26H29N5O8/c1-14(32)21(25(37)38)30-22(34)18(11-12-20(27)33)28-23(35)19(13-15-7-3-2-4-8-15)31-24(36)16-9-5-6-10-17(16)29-26(31)39/h2-10,14,18-19,21,32H,11-13H2,1H3,(H2,27,33)(H,28,35)(H,29,39)(H,30,34)(H,37,38)/t14?,18-,19-,21-/m0/s1. The molecule has 1 heterocycles. The topological polar surface area (TPSA) is 214 Å². The zero-order chi connectivity index (χ0) is 28.7. The number of aliphatic hydroxyl groups is 1. The molecule has 0 fully saturated rings. The Labute approximate surface area is 221 Å². The molecule has 2 aromatic carbocycles. The van der Waals surface area contributed by atoms with Crippen molar-refractivity contribution in [1.82, 2.24) is 20.2 Å². The first kappa shape index (κ1) is 28.8. The van der Waals surface area contributed by atoms with Crippen molar-refractivity contribution in [3.8, 4) is 0 Å². The zero-order valence-corrected chi connectivity index (χ0v) is 21.0. The largest absolute Gasteiger partial charge is 0.480 e. The highest BCUT2D eigenvalue weighted by molar-refractivity contribution is 5.92. The smallest absolute Gasteiger partial charge is 0.329 e. The molecule has 0 saturated heterocycles. The maximum absolute atomic E-state index is 13.6. The van der Waals surface area contributed by atoms with Crippen LogP contribution in [0.5, 0.6) is 0 Å². The number of aromatic nitrogens is 2. The van der Waals surface area contributed by atoms with Crippen LogP contribution in [0.3, 0.4) is 0 Å². The fourth-order valence-corrected chi connectivity index (χ4v) is 4.06. The Bertz CT molecular complexity index is 1480. The molecule has 13 heteroatoms. The average molecular weight is 540 g/mol. The Morgan fingerprint density at radius 1 is 0.974 bits per heavy atom. The predicted octanol–water partition coefficient (Wildman–Crippen LogP) is -0.826. The highest BCUT2D eigenvalue weighted by atomic mass is 16.4. The summed E-state index contributed by atoms with van der Waals surface area (Å²) in [6, 6.07) is 10.2. The number of carboxylic acid groups (broad SMARTS) is 1. The van der Waals surface area contributed by atoms with E-state index in [0.717, 1.165) is 11.5 Å². The first-order valence-electron chi connectivity index (χ1n) is 12.1. The van der Waals surface area contributed by atoms with E-state index >= 15 is 0 Å². The number of carbonyl (C=O) groups excluding carboxylic acids is 3. The van der Waals surface area contributed by atoms with Gasteiger partial charge in [-0.3, -0.25) is 19.2 Å². The number of aromatic amines is 1. The minimum Gasteiger partial charge on any atom is -0.480 e. The molecule has 7 N–H and O–H groups in total. The second-order valence-corrected chi connectivity index (χ2v) is 8.99. The van der Waals surface area contributed by atoms with Crippen LogP contribution in [0.1, 0.15) is 31.4 Å². The Morgan fingerprint density at radius 3 is 2.23 bits per heavy atom. The summed E-state index contributed by atoms with van der Waals surface area (Å²) in [5, 5.41) is 23.8. The van der Waals surface area contributed by atoms with Gasteiger partial charge in [0.2, 0.25) is 17.7 Å². The molecule has 1 unspecified atom stereocenters. The van der Waals surface area contributed by atoms with Gasteiger partial charge < -0.3 is 31.6 Å². The van der Waals surface area contributed by atoms with Gasteiger partial charge in [0.25, 0.3) is 5.56 Å². The number of nitrogens with zero attached hydrogens (tertiary/aromatic N) is 1. The summed E-state index contributed by atoms with van der Waals surface area (Å²) in [7, 11) is 0. The maximum Gasteiger partial charge on any atom is 0.329 e. The molecule has 0 spiro atoms. The van der Waals surface area contributed by atoms with Gasteiger partial charge in [-0.15, -0.1) is 0 Å². The lowest BCUT2D eigenvalue weighted by atomic mass is 10.0. The van der Waals surface area contributed by atoms with Gasteiger partial charge >= 0.3 is 11.7 Å². The van der Waals surface area contributed by atoms with Gasteiger partial charge in [-0.2, -0.15) is 0 Å². The Morgan fingerprint density at radius 2 is 1.62 bits per heavy atom. The quantitative estimate of drug-likeness (QED) is 0.170. The fraction of sp³-hybridized carbons (Fsp3) is 0.308. The summed E-state index contributed by atoms with van der Waals surface area (Å²) >= 11 is 0. The first-order chi connectivity index (χ1) is 18.5. The number of rotatable bonds is 12. The Balaban J connectivity index is 2.02. The van der Waals surface area contributed by atoms with Crippen LogP contribution in [-0.2, 0) is 25.6 Å². The number of aliphatic hydroxyl groups excluding tert-OH is 1. The highest BCUT2D eigenvalue weighted by Gasteiger charge is 2.32. The number of aliphatic carboxylic acids is 1. The zero-order valence-electron chi connectivity index (χ0n) is 21.0. The van der Waals surface area contributed by atoms with Gasteiger partial charge in [-0.1, -0.05) is 42.5 Å². The van der Waals surface area contributed by atoms with E-state index in [-0.39, 0.29) is 30.2 Å². The minimum absolute atomic E-state index is 0.108. The number of nitrogens with two attached hydrogens (primary N) is 1. The van der Waals surface area contributed by atoms with E-state index < -0.39 is 59.2 Å². The van der Waals surface area contributed by atoms with Crippen molar-refractivity contribution in [1.29, 1.82) is 0 Å². The average Bonchev–Trinajstić information content (AvgIpc) is 2.88. The van der Waals surface area contributed by atoms with Crippen LogP contribution in [0, 0.1) is 0 Å². The molecule has 3 aromatic rings. The maximum atomic E-state index is 13.6. The molecule has 206 valence electrons. The van der Waals surface area contributed by atoms with E-state index in [1.54, 1.807) is 48.5 Å². The van der Waals surface area contributed by atoms with Crippen molar-refractivity contribution in [3.05, 3.63) is 81.0 Å². The number of amides is 3. The lowest BCUT2D eigenvalue weighted by molar-refractivity contribution is -0.145. The monoisotopic (exact) mass is 539 g/mol. The summed E-state index contributed by atoms with van der Waals surface area (Å²) in [5.41, 5.74) is 4.50. The van der Waals surface area contributed by atoms with Crippen LogP contribution in [0.4, 0.5) is 0 Å². The Kier molecular flexibility index (Phi) is 9.33. The molecule has 1 aromatic heterocycles. The molecule has 4 atom stereocenters. The SMILES string of the molecule is CC(O)[C@H](NC(=O)[C@H](CCC(N)=O)NC(=O)[C@H](Cc1ccccc1)n1c(=O)[nH]c2ccccc2c1=O)C(=O)O. The number of para-hydroxylation sites is 1. The van der Waals surface area contributed by atoms with Crippen LogP contribution in [0.15, 0.2) is 64.2 Å². The number of primary amides is 1. The van der Waals surface area contributed by atoms with Crippen LogP contribution in [0.25, 0.3) is 10.9 Å². The normalized spacial score (nSPS) is 14.1. The van der Waals surface area contributed by atoms with Crippen molar-refractivity contribution >= 4 is 34.6 Å². The molecule has 0 aliphatic rings. The lowest BCUT2D eigenvalue weighted by Gasteiger charge is -2.25. The number of benzene rings is 2. The second kappa shape index (κ2) is 12.6. The van der Waals surface area contributed by atoms with Crippen LogP contribution in [0.2, 0.25) is 0 Å². The predicted molar refractivity (Wildman–Crippen MR) is 140 cm³/mol. The van der Waals surface area contributed by atoms with Gasteiger partial charge in [-0.25, -0.2) is 14.2 Å². The number of H-pyrrole nitrogens is 1. The van der Waals surface area contributed by atoms with Crippen LogP contribution < -0.4 is 27.6 Å². The summed E-state index contributed by atoms with van der Waals surface area (Å²) in [6.45, 7) is 1.16. The number of carboxylic acids is 1. The number of hydrogen-bond acceptors (Lipinski definition) is 7. The van der Waals surface area contributed by atoms with Crippen molar-refractivity contribution in [2.75, 3.05) is 0 Å². The minimum atomic E-state index is -1.70. The van der Waals surface area contributed by atoms with Gasteiger partial charge in [0, 0.05) is 12.8 Å². The molecule has 13 nitrogen and oxygen atoms in total. The van der Waals surface area contributed by atoms with Crippen molar-refractivity contribution < 1.29 is 29.4 Å². The van der Waals surface area contributed by atoms with Gasteiger partial charge in [0.15, 0.2) is 6.04 Å². The molecule has 3 amide bonds. The molecule has 39 heavy (non-hydrogen) atoms. The lowest BCUT2D eigenvalue weighted by Crippen LogP contribution is -2.56. The molecular formula is C26H29N5O8. The second-order valence-electron chi connectivity index (χ2n) is 8.99. The van der Waals surface area contributed by atoms with Gasteiger partial charge in [0.05, 0.1) is 17.0 Å². The van der Waals surface area contributed by atoms with E-state index in [9.17, 15) is 39.0 Å². The van der Waals surface area contributed by atoms with E-state index in [4.69, 9.17) is 5.73 Å². The summed E-state index contributed by atoms with van der Waals surface area (Å²) < 4.78 is 0.754. The molecule has 0 aliphatic carbocycles. The number of hydrogen-bond donors (Lipinski definition) is 6. The summed E-state index contributed by atoms with van der Waals surface area (Å²) in [4.78, 5) is 78.4. The number of carbonyl (C=O) groups is 4. The molecule has 0 saturated carbocycles. The van der Waals surface area contributed by atoms with E-state index in [2.05, 4.69) is 15.6 Å². The number of fused-ring (bicyclic) bond motifs is 1. The molecule has 0 aliphatic heterocycles. The first-order valence-corrected chi connectivity index (χ1v) is 12.1. The van der Waals surface area contributed by atoms with Gasteiger partial charge in [-0.05, 0) is 31.0 Å². The molecular weight excluding hydrogens is 510 g/mol.